The SMILES string of the molecule is Cc1cc2c3c(c1)N(c1c(C)cc(C(C)(C)C)cc1C)c1cc4c(cc1B3c1ccc(N(C3=CCCC=C3)c3ccccc3)cc1N2c1c(C)cccc1C)C(C)(C)CCC4(C)C. The Kier molecular flexibility index (Phi) is 9.61. The summed E-state index contributed by atoms with van der Waals surface area (Å²) in [5, 5.41) is 0. The number of aryl methyl sites for hydroxylation is 5. The van der Waals surface area contributed by atoms with Crippen LogP contribution >= 0.6 is 0 Å². The number of hydrogen-bond acceptors (Lipinski definition) is 3. The Bertz CT molecular complexity index is 2860. The van der Waals surface area contributed by atoms with Gasteiger partial charge in [-0.15, -0.1) is 0 Å². The van der Waals surface area contributed by atoms with Crippen molar-refractivity contribution in [2.75, 3.05) is 14.7 Å². The Balaban J connectivity index is 1.32. The summed E-state index contributed by atoms with van der Waals surface area (Å²) in [6, 6.07) is 40.3. The van der Waals surface area contributed by atoms with Crippen molar-refractivity contribution in [3.8, 4) is 0 Å². The Hall–Kier alpha value is -5.74. The van der Waals surface area contributed by atoms with Gasteiger partial charge in [-0.1, -0.05) is 121 Å². The zero-order valence-corrected chi connectivity index (χ0v) is 39.8. The van der Waals surface area contributed by atoms with Crippen LogP contribution in [0.15, 0.2) is 127 Å². The summed E-state index contributed by atoms with van der Waals surface area (Å²) >= 11 is 0. The molecule has 0 aromatic heterocycles. The van der Waals surface area contributed by atoms with E-state index in [0.29, 0.717) is 0 Å². The van der Waals surface area contributed by atoms with Gasteiger partial charge in [0.05, 0.1) is 11.4 Å². The molecule has 6 aromatic carbocycles. The number of benzene rings is 6. The van der Waals surface area contributed by atoms with E-state index >= 15 is 0 Å². The molecule has 2 heterocycles. The number of rotatable bonds is 5. The van der Waals surface area contributed by atoms with Gasteiger partial charge in [0.2, 0.25) is 0 Å². The van der Waals surface area contributed by atoms with Crippen molar-refractivity contribution in [1.82, 2.24) is 0 Å². The first-order valence-corrected chi connectivity index (χ1v) is 23.4. The lowest BCUT2D eigenvalue weighted by atomic mass is 9.33. The molecule has 4 aliphatic rings. The highest BCUT2D eigenvalue weighted by molar-refractivity contribution is 7.00. The Morgan fingerprint density at radius 3 is 1.73 bits per heavy atom. The molecule has 0 atom stereocenters. The zero-order chi connectivity index (χ0) is 44.3. The lowest BCUT2D eigenvalue weighted by Gasteiger charge is -2.48. The molecule has 6 aromatic rings. The minimum Gasteiger partial charge on any atom is -0.311 e. The molecule has 4 heteroatoms. The normalized spacial score (nSPS) is 16.8. The van der Waals surface area contributed by atoms with E-state index in [4.69, 9.17) is 0 Å². The highest BCUT2D eigenvalue weighted by Crippen LogP contribution is 2.52. The Labute approximate surface area is 378 Å². The van der Waals surface area contributed by atoms with Gasteiger partial charge in [0.25, 0.3) is 6.71 Å². The maximum absolute atomic E-state index is 2.69. The summed E-state index contributed by atoms with van der Waals surface area (Å²) in [7, 11) is 0. The molecular weight excluding hydrogens is 761 g/mol. The molecule has 0 amide bonds. The molecule has 0 spiro atoms. The predicted octanol–water partition coefficient (Wildman–Crippen LogP) is 14.3. The van der Waals surface area contributed by atoms with Crippen molar-refractivity contribution in [2.24, 2.45) is 0 Å². The smallest absolute Gasteiger partial charge is 0.252 e. The third-order valence-electron chi connectivity index (χ3n) is 14.9. The minimum absolute atomic E-state index is 0.0334. The van der Waals surface area contributed by atoms with Gasteiger partial charge < -0.3 is 14.7 Å². The lowest BCUT2D eigenvalue weighted by molar-refractivity contribution is 0.332. The van der Waals surface area contributed by atoms with Crippen molar-refractivity contribution in [3.63, 3.8) is 0 Å². The second-order valence-corrected chi connectivity index (χ2v) is 21.5. The van der Waals surface area contributed by atoms with E-state index in [0.717, 1.165) is 12.8 Å². The summed E-state index contributed by atoms with van der Waals surface area (Å²) in [5.74, 6) is 0. The molecule has 10 rings (SSSR count). The predicted molar refractivity (Wildman–Crippen MR) is 273 cm³/mol. The van der Waals surface area contributed by atoms with Crippen molar-refractivity contribution >= 4 is 68.6 Å². The van der Waals surface area contributed by atoms with E-state index in [1.165, 1.54) is 125 Å². The average Bonchev–Trinajstić information content (AvgIpc) is 3.23. The van der Waals surface area contributed by atoms with Crippen molar-refractivity contribution in [3.05, 3.63) is 172 Å². The molecule has 0 saturated heterocycles. The molecule has 0 saturated carbocycles. The van der Waals surface area contributed by atoms with Gasteiger partial charge in [0.1, 0.15) is 0 Å². The number of hydrogen-bond donors (Lipinski definition) is 0. The highest BCUT2D eigenvalue weighted by atomic mass is 15.2. The summed E-state index contributed by atoms with van der Waals surface area (Å²) in [6.45, 7) is 28.5. The van der Waals surface area contributed by atoms with Gasteiger partial charge in [0, 0.05) is 39.8 Å². The quantitative estimate of drug-likeness (QED) is 0.160. The van der Waals surface area contributed by atoms with Crippen LogP contribution in [0.3, 0.4) is 0 Å². The molecule has 63 heavy (non-hydrogen) atoms. The first-order valence-electron chi connectivity index (χ1n) is 23.4. The number of fused-ring (bicyclic) bond motifs is 5. The first kappa shape index (κ1) is 41.3. The molecule has 0 bridgehead atoms. The second kappa shape index (κ2) is 14.7. The van der Waals surface area contributed by atoms with Gasteiger partial charge in [-0.2, -0.15) is 0 Å². The van der Waals surface area contributed by atoms with Gasteiger partial charge in [-0.25, -0.2) is 0 Å². The first-order chi connectivity index (χ1) is 29.9. The van der Waals surface area contributed by atoms with Crippen LogP contribution in [0.2, 0.25) is 0 Å². The lowest BCUT2D eigenvalue weighted by Crippen LogP contribution is -2.62. The van der Waals surface area contributed by atoms with E-state index in [1.807, 2.05) is 0 Å². The van der Waals surface area contributed by atoms with Gasteiger partial charge in [0.15, 0.2) is 0 Å². The van der Waals surface area contributed by atoms with Crippen LogP contribution in [0.25, 0.3) is 0 Å². The molecule has 0 radical (unpaired) electrons. The molecule has 2 aliphatic heterocycles. The Morgan fingerprint density at radius 2 is 1.14 bits per heavy atom. The fourth-order valence-electron chi connectivity index (χ4n) is 11.5. The van der Waals surface area contributed by atoms with E-state index in [2.05, 4.69) is 219 Å². The van der Waals surface area contributed by atoms with Crippen LogP contribution in [0, 0.1) is 34.6 Å². The van der Waals surface area contributed by atoms with E-state index in [1.54, 1.807) is 0 Å². The van der Waals surface area contributed by atoms with Crippen molar-refractivity contribution in [2.45, 2.75) is 125 Å². The van der Waals surface area contributed by atoms with Crippen LogP contribution < -0.4 is 31.1 Å². The second-order valence-electron chi connectivity index (χ2n) is 21.5. The maximum atomic E-state index is 2.69. The maximum Gasteiger partial charge on any atom is 0.252 e. The summed E-state index contributed by atoms with van der Waals surface area (Å²) < 4.78 is 0. The molecule has 2 aliphatic carbocycles. The molecule has 0 unspecified atom stereocenters. The van der Waals surface area contributed by atoms with Crippen molar-refractivity contribution in [1.29, 1.82) is 0 Å². The van der Waals surface area contributed by atoms with Gasteiger partial charge >= 0.3 is 0 Å². The third-order valence-corrected chi connectivity index (χ3v) is 14.9. The summed E-state index contributed by atoms with van der Waals surface area (Å²) in [6.07, 6.45) is 11.5. The topological polar surface area (TPSA) is 9.72 Å². The van der Waals surface area contributed by atoms with E-state index in [9.17, 15) is 0 Å². The fraction of sp³-hybridized carbons (Fsp3) is 0.322. The van der Waals surface area contributed by atoms with E-state index < -0.39 is 0 Å². The van der Waals surface area contributed by atoms with E-state index in [-0.39, 0.29) is 23.0 Å². The standard InChI is InChI=1S/C59H64BN3/c1-37-30-52-54-53(31-37)63(56-40(4)32-42(33-41(56)5)57(6,7)8)51-36-47-46(58(9,10)28-29-59(47,11)12)35-49(51)60(54)48-27-26-45(34-50(48)62(52)55-38(2)20-19-21-39(55)3)61(43-22-15-13-16-23-43)44-24-17-14-18-25-44/h13,15-17,19-27,30-36H,14,18,28-29H2,1-12H3. The van der Waals surface area contributed by atoms with Gasteiger partial charge in [-0.3, -0.25) is 0 Å². The zero-order valence-electron chi connectivity index (χ0n) is 39.8. The van der Waals surface area contributed by atoms with Crippen molar-refractivity contribution < 1.29 is 0 Å². The Morgan fingerprint density at radius 1 is 0.556 bits per heavy atom. The molecule has 0 fully saturated rings. The number of para-hydroxylation sites is 2. The van der Waals surface area contributed by atoms with Gasteiger partial charge in [-0.05, 0) is 186 Å². The fourth-order valence-corrected chi connectivity index (χ4v) is 11.5. The largest absolute Gasteiger partial charge is 0.311 e. The molecule has 318 valence electrons. The summed E-state index contributed by atoms with van der Waals surface area (Å²) in [4.78, 5) is 7.78. The van der Waals surface area contributed by atoms with Crippen LogP contribution in [-0.2, 0) is 16.2 Å². The highest BCUT2D eigenvalue weighted by Gasteiger charge is 2.47. The van der Waals surface area contributed by atoms with Crippen LogP contribution in [0.5, 0.6) is 0 Å². The molecule has 3 nitrogen and oxygen atoms in total. The monoisotopic (exact) mass is 826 g/mol. The third kappa shape index (κ3) is 6.61. The molecular formula is C59H64BN3. The number of allylic oxidation sites excluding steroid dienone is 3. The molecule has 0 N–H and O–H groups in total. The average molecular weight is 826 g/mol. The number of anilines is 8. The van der Waals surface area contributed by atoms with Crippen LogP contribution in [0.1, 0.15) is 119 Å². The van der Waals surface area contributed by atoms with Crippen LogP contribution in [-0.4, -0.2) is 6.71 Å². The minimum atomic E-state index is 0.0334. The number of nitrogens with zero attached hydrogens (tertiary/aromatic N) is 3. The van der Waals surface area contributed by atoms with Crippen LogP contribution in [0.4, 0.5) is 45.5 Å². The summed E-state index contributed by atoms with van der Waals surface area (Å²) in [5.41, 5.74) is 26.4.